The molecule has 14 heavy (non-hydrogen) atoms. The number of primary amides is 1. The molecule has 6 nitrogen and oxygen atoms in total. The Morgan fingerprint density at radius 3 is 2.79 bits per heavy atom. The predicted octanol–water partition coefficient (Wildman–Crippen LogP) is -1.36. The highest BCUT2D eigenvalue weighted by Crippen LogP contribution is 2.13. The van der Waals surface area contributed by atoms with Crippen LogP contribution in [0.15, 0.2) is 0 Å². The summed E-state index contributed by atoms with van der Waals surface area (Å²) >= 11 is 0. The minimum Gasteiger partial charge on any atom is -0.460 e. The molecule has 1 rings (SSSR count). The third-order valence-electron chi connectivity index (χ3n) is 1.86. The van der Waals surface area contributed by atoms with E-state index in [0.717, 1.165) is 0 Å². The van der Waals surface area contributed by atoms with Crippen molar-refractivity contribution in [3.8, 4) is 0 Å². The van der Waals surface area contributed by atoms with Crippen LogP contribution < -0.4 is 5.73 Å². The van der Waals surface area contributed by atoms with Gasteiger partial charge < -0.3 is 15.4 Å². The number of esters is 1. The van der Waals surface area contributed by atoms with E-state index in [0.29, 0.717) is 0 Å². The van der Waals surface area contributed by atoms with Crippen molar-refractivity contribution in [3.05, 3.63) is 0 Å². The van der Waals surface area contributed by atoms with Gasteiger partial charge in [-0.15, -0.1) is 0 Å². The smallest absolute Gasteiger partial charge is 0.302 e. The lowest BCUT2D eigenvalue weighted by Gasteiger charge is -2.13. The summed E-state index contributed by atoms with van der Waals surface area (Å²) in [5, 5.41) is 0. The summed E-state index contributed by atoms with van der Waals surface area (Å²) in [4.78, 5) is 33.7. The first-order valence-electron chi connectivity index (χ1n) is 4.22. The molecule has 0 aromatic rings. The topological polar surface area (TPSA) is 89.7 Å². The van der Waals surface area contributed by atoms with Gasteiger partial charge in [0, 0.05) is 6.92 Å². The molecular weight excluding hydrogens is 188 g/mol. The zero-order valence-electron chi connectivity index (χ0n) is 7.86. The number of nitrogens with two attached hydrogens (primary N) is 1. The van der Waals surface area contributed by atoms with Crippen molar-refractivity contribution in [3.63, 3.8) is 0 Å². The van der Waals surface area contributed by atoms with E-state index < -0.39 is 18.0 Å². The van der Waals surface area contributed by atoms with E-state index in [4.69, 9.17) is 10.5 Å². The second kappa shape index (κ2) is 4.08. The van der Waals surface area contributed by atoms with Gasteiger partial charge in [0.1, 0.15) is 6.10 Å². The highest BCUT2D eigenvalue weighted by atomic mass is 16.5. The van der Waals surface area contributed by atoms with E-state index in [9.17, 15) is 14.4 Å². The molecule has 1 aliphatic heterocycles. The Morgan fingerprint density at radius 1 is 1.64 bits per heavy atom. The van der Waals surface area contributed by atoms with Crippen LogP contribution in [0.25, 0.3) is 0 Å². The van der Waals surface area contributed by atoms with Crippen LogP contribution in [0.1, 0.15) is 13.3 Å². The number of amides is 2. The number of nitrogens with zero attached hydrogens (tertiary/aromatic N) is 1. The van der Waals surface area contributed by atoms with Gasteiger partial charge >= 0.3 is 5.97 Å². The SMILES string of the molecule is CC(=O)O[C@@H]1CC(=O)N(CC(N)=O)C1. The van der Waals surface area contributed by atoms with Gasteiger partial charge in [-0.3, -0.25) is 14.4 Å². The van der Waals surface area contributed by atoms with Crippen LogP contribution in [0.2, 0.25) is 0 Å². The van der Waals surface area contributed by atoms with Crippen molar-refractivity contribution < 1.29 is 19.1 Å². The molecule has 1 aliphatic rings. The lowest BCUT2D eigenvalue weighted by Crippen LogP contribution is -2.35. The van der Waals surface area contributed by atoms with Crippen LogP contribution in [-0.2, 0) is 19.1 Å². The highest BCUT2D eigenvalue weighted by Gasteiger charge is 2.32. The molecule has 0 aliphatic carbocycles. The third kappa shape index (κ3) is 2.72. The Morgan fingerprint density at radius 2 is 2.29 bits per heavy atom. The minimum atomic E-state index is -0.568. The van der Waals surface area contributed by atoms with Gasteiger partial charge in [-0.05, 0) is 0 Å². The number of likely N-dealkylation sites (tertiary alicyclic amines) is 1. The maximum absolute atomic E-state index is 11.2. The van der Waals surface area contributed by atoms with Crippen LogP contribution in [-0.4, -0.2) is 41.9 Å². The molecule has 0 spiro atoms. The van der Waals surface area contributed by atoms with Crippen LogP contribution in [0, 0.1) is 0 Å². The number of rotatable bonds is 3. The third-order valence-corrected chi connectivity index (χ3v) is 1.86. The fourth-order valence-corrected chi connectivity index (χ4v) is 1.39. The molecule has 0 unspecified atom stereocenters. The van der Waals surface area contributed by atoms with Crippen molar-refractivity contribution >= 4 is 17.8 Å². The Bertz CT molecular complexity index is 277. The van der Waals surface area contributed by atoms with Gasteiger partial charge in [-0.1, -0.05) is 0 Å². The van der Waals surface area contributed by atoms with E-state index in [1.807, 2.05) is 0 Å². The largest absolute Gasteiger partial charge is 0.460 e. The van der Waals surface area contributed by atoms with E-state index in [1.165, 1.54) is 11.8 Å². The summed E-state index contributed by atoms with van der Waals surface area (Å²) in [6.07, 6.45) is -0.313. The van der Waals surface area contributed by atoms with Crippen molar-refractivity contribution in [2.45, 2.75) is 19.4 Å². The minimum absolute atomic E-state index is 0.114. The monoisotopic (exact) mass is 200 g/mol. The number of carbonyl (C=O) groups excluding carboxylic acids is 3. The zero-order valence-corrected chi connectivity index (χ0v) is 7.86. The molecule has 2 amide bonds. The summed E-state index contributed by atoms with van der Waals surface area (Å²) in [5.74, 6) is -1.21. The Kier molecular flexibility index (Phi) is 3.06. The van der Waals surface area contributed by atoms with Crippen molar-refractivity contribution in [2.75, 3.05) is 13.1 Å². The molecule has 1 saturated heterocycles. The van der Waals surface area contributed by atoms with E-state index >= 15 is 0 Å². The second-order valence-electron chi connectivity index (χ2n) is 3.18. The van der Waals surface area contributed by atoms with Gasteiger partial charge in [0.25, 0.3) is 0 Å². The number of hydrogen-bond acceptors (Lipinski definition) is 4. The fourth-order valence-electron chi connectivity index (χ4n) is 1.39. The predicted molar refractivity (Wildman–Crippen MR) is 45.9 cm³/mol. The summed E-state index contributed by atoms with van der Waals surface area (Å²) in [6.45, 7) is 1.42. The van der Waals surface area contributed by atoms with E-state index in [-0.39, 0.29) is 25.4 Å². The average Bonchev–Trinajstić information content (AvgIpc) is 2.28. The van der Waals surface area contributed by atoms with Gasteiger partial charge in [0.05, 0.1) is 19.5 Å². The summed E-state index contributed by atoms with van der Waals surface area (Å²) in [6, 6.07) is 0. The second-order valence-corrected chi connectivity index (χ2v) is 3.18. The summed E-state index contributed by atoms with van der Waals surface area (Å²) < 4.78 is 4.84. The van der Waals surface area contributed by atoms with Crippen LogP contribution in [0.5, 0.6) is 0 Å². The molecule has 0 radical (unpaired) electrons. The normalized spacial score (nSPS) is 21.1. The van der Waals surface area contributed by atoms with Crippen molar-refractivity contribution in [2.24, 2.45) is 5.73 Å². The first-order chi connectivity index (χ1) is 6.49. The fraction of sp³-hybridized carbons (Fsp3) is 0.625. The Hall–Kier alpha value is -1.59. The molecule has 0 bridgehead atoms. The number of hydrogen-bond donors (Lipinski definition) is 1. The molecule has 78 valence electrons. The molecule has 0 aromatic carbocycles. The van der Waals surface area contributed by atoms with Crippen LogP contribution >= 0.6 is 0 Å². The number of carbonyl (C=O) groups is 3. The van der Waals surface area contributed by atoms with Crippen LogP contribution in [0.4, 0.5) is 0 Å². The van der Waals surface area contributed by atoms with Gasteiger partial charge in [0.2, 0.25) is 11.8 Å². The average molecular weight is 200 g/mol. The summed E-state index contributed by atoms with van der Waals surface area (Å²) in [7, 11) is 0. The first kappa shape index (κ1) is 10.5. The molecule has 2 N–H and O–H groups in total. The zero-order chi connectivity index (χ0) is 10.7. The maximum atomic E-state index is 11.2. The first-order valence-corrected chi connectivity index (χ1v) is 4.22. The van der Waals surface area contributed by atoms with E-state index in [2.05, 4.69) is 0 Å². The standard InChI is InChI=1S/C8H12N2O4/c1-5(11)14-6-2-8(13)10(3-6)4-7(9)12/h6H,2-4H2,1H3,(H2,9,12)/t6-/m1/s1. The molecular formula is C8H12N2O4. The lowest BCUT2D eigenvalue weighted by molar-refractivity contribution is -0.145. The molecule has 6 heteroatoms. The van der Waals surface area contributed by atoms with Gasteiger partial charge in [-0.25, -0.2) is 0 Å². The Labute approximate surface area is 81.0 Å². The molecule has 1 fully saturated rings. The Balaban J connectivity index is 2.47. The van der Waals surface area contributed by atoms with Crippen LogP contribution in [0.3, 0.4) is 0 Å². The van der Waals surface area contributed by atoms with Crippen molar-refractivity contribution in [1.29, 1.82) is 0 Å². The van der Waals surface area contributed by atoms with Gasteiger partial charge in [-0.2, -0.15) is 0 Å². The summed E-state index contributed by atoms with van der Waals surface area (Å²) in [5.41, 5.74) is 4.94. The van der Waals surface area contributed by atoms with E-state index in [1.54, 1.807) is 0 Å². The van der Waals surface area contributed by atoms with Gasteiger partial charge in [0.15, 0.2) is 0 Å². The molecule has 1 atom stereocenters. The highest BCUT2D eigenvalue weighted by molar-refractivity contribution is 5.85. The maximum Gasteiger partial charge on any atom is 0.302 e. The molecule has 0 saturated carbocycles. The number of ether oxygens (including phenoxy) is 1. The molecule has 1 heterocycles. The lowest BCUT2D eigenvalue weighted by atomic mass is 10.3. The van der Waals surface area contributed by atoms with Crippen molar-refractivity contribution in [1.82, 2.24) is 4.90 Å². The quantitative estimate of drug-likeness (QED) is 0.569. The molecule has 0 aromatic heterocycles.